The van der Waals surface area contributed by atoms with Crippen molar-refractivity contribution < 1.29 is 5.11 Å². The van der Waals surface area contributed by atoms with Crippen LogP contribution in [0.1, 0.15) is 64.4 Å². The van der Waals surface area contributed by atoms with Gasteiger partial charge in [0, 0.05) is 6.20 Å². The Labute approximate surface area is 218 Å². The fourth-order valence-electron chi connectivity index (χ4n) is 6.71. The molecule has 5 aromatic rings. The van der Waals surface area contributed by atoms with Gasteiger partial charge in [0.25, 0.3) is 0 Å². The van der Waals surface area contributed by atoms with E-state index >= 15 is 0 Å². The molecule has 1 N–H and O–H groups in total. The SMILES string of the molecule is CC12Cc3c(C(O)c4cn(C(c5ccccc5)(c5ccccc5)c5ccccc5)cn4)cccc3C1C2. The molecule has 1 fully saturated rings. The molecule has 3 atom stereocenters. The van der Waals surface area contributed by atoms with E-state index in [1.165, 1.54) is 17.5 Å². The van der Waals surface area contributed by atoms with Gasteiger partial charge in [0.2, 0.25) is 0 Å². The molecule has 3 nitrogen and oxygen atoms in total. The Hall–Kier alpha value is -3.95. The predicted molar refractivity (Wildman–Crippen MR) is 147 cm³/mol. The van der Waals surface area contributed by atoms with Crippen molar-refractivity contribution in [3.8, 4) is 0 Å². The summed E-state index contributed by atoms with van der Waals surface area (Å²) in [5, 5.41) is 11.7. The summed E-state index contributed by atoms with van der Waals surface area (Å²) in [6, 6.07) is 38.1. The molecule has 0 amide bonds. The molecule has 1 heterocycles. The van der Waals surface area contributed by atoms with Gasteiger partial charge in [-0.15, -0.1) is 0 Å². The molecule has 3 unspecified atom stereocenters. The molecule has 182 valence electrons. The minimum atomic E-state index is -0.766. The van der Waals surface area contributed by atoms with Gasteiger partial charge >= 0.3 is 0 Å². The highest BCUT2D eigenvalue weighted by Gasteiger charge is 2.56. The lowest BCUT2D eigenvalue weighted by atomic mass is 9.76. The fraction of sp³-hybridized carbons (Fsp3) is 0.206. The second kappa shape index (κ2) is 8.29. The molecule has 2 aliphatic carbocycles. The van der Waals surface area contributed by atoms with Crippen molar-refractivity contribution in [3.63, 3.8) is 0 Å². The summed E-state index contributed by atoms with van der Waals surface area (Å²) in [4.78, 5) is 4.82. The number of aromatic nitrogens is 2. The molecule has 4 aromatic carbocycles. The van der Waals surface area contributed by atoms with Gasteiger partial charge in [0.1, 0.15) is 11.6 Å². The molecule has 0 aliphatic heterocycles. The van der Waals surface area contributed by atoms with Gasteiger partial charge in [0.15, 0.2) is 0 Å². The number of rotatable bonds is 6. The number of hydrogen-bond acceptors (Lipinski definition) is 2. The lowest BCUT2D eigenvalue weighted by Crippen LogP contribution is -2.37. The number of imidazole rings is 1. The quantitative estimate of drug-likeness (QED) is 0.269. The van der Waals surface area contributed by atoms with E-state index in [1.54, 1.807) is 0 Å². The summed E-state index contributed by atoms with van der Waals surface area (Å²) in [5.41, 5.74) is 7.57. The highest BCUT2D eigenvalue weighted by Crippen LogP contribution is 2.67. The first-order chi connectivity index (χ1) is 18.1. The Morgan fingerprint density at radius 3 is 1.95 bits per heavy atom. The van der Waals surface area contributed by atoms with Gasteiger partial charge in [0.05, 0.1) is 12.0 Å². The highest BCUT2D eigenvalue weighted by atomic mass is 16.3. The average molecular weight is 483 g/mol. The van der Waals surface area contributed by atoms with Crippen LogP contribution >= 0.6 is 0 Å². The van der Waals surface area contributed by atoms with Crippen molar-refractivity contribution in [2.75, 3.05) is 0 Å². The van der Waals surface area contributed by atoms with Crippen LogP contribution in [0.15, 0.2) is 122 Å². The Balaban J connectivity index is 1.40. The monoisotopic (exact) mass is 482 g/mol. The zero-order chi connectivity index (χ0) is 25.0. The van der Waals surface area contributed by atoms with E-state index in [-0.39, 0.29) is 0 Å². The van der Waals surface area contributed by atoms with Crippen LogP contribution in [0.4, 0.5) is 0 Å². The minimum absolute atomic E-state index is 0.376. The summed E-state index contributed by atoms with van der Waals surface area (Å²) < 4.78 is 2.17. The standard InChI is InChI=1S/C34H30N2O/c1-33-20-29-27(30(33)21-33)18-11-19-28(29)32(37)31-22-36(23-35-31)34(24-12-5-2-6-13-24,25-14-7-3-8-15-25)26-16-9-4-10-17-26/h2-19,22-23,30,32,37H,20-21H2,1H3. The third-order valence-corrected chi connectivity index (χ3v) is 8.70. The van der Waals surface area contributed by atoms with Gasteiger partial charge in [-0.05, 0) is 57.6 Å². The fourth-order valence-corrected chi connectivity index (χ4v) is 6.71. The van der Waals surface area contributed by atoms with Crippen LogP contribution in [-0.2, 0) is 12.0 Å². The molecule has 0 radical (unpaired) electrons. The third-order valence-electron chi connectivity index (χ3n) is 8.70. The lowest BCUT2D eigenvalue weighted by Gasteiger charge is -2.37. The van der Waals surface area contributed by atoms with E-state index in [0.29, 0.717) is 17.0 Å². The number of aliphatic hydroxyl groups is 1. The predicted octanol–water partition coefficient (Wildman–Crippen LogP) is 6.85. The summed E-state index contributed by atoms with van der Waals surface area (Å²) in [6.45, 7) is 2.37. The molecule has 0 saturated heterocycles. The van der Waals surface area contributed by atoms with E-state index in [9.17, 15) is 5.11 Å². The van der Waals surface area contributed by atoms with Crippen molar-refractivity contribution in [1.82, 2.24) is 9.55 Å². The number of hydrogen-bond donors (Lipinski definition) is 1. The van der Waals surface area contributed by atoms with E-state index in [2.05, 4.69) is 102 Å². The van der Waals surface area contributed by atoms with Gasteiger partial charge in [-0.1, -0.05) is 116 Å². The largest absolute Gasteiger partial charge is 0.382 e. The summed E-state index contributed by atoms with van der Waals surface area (Å²) in [7, 11) is 0. The van der Waals surface area contributed by atoms with E-state index in [0.717, 1.165) is 28.7 Å². The van der Waals surface area contributed by atoms with Crippen LogP contribution in [0.2, 0.25) is 0 Å². The van der Waals surface area contributed by atoms with Crippen LogP contribution in [0.25, 0.3) is 0 Å². The second-order valence-electron chi connectivity index (χ2n) is 10.9. The maximum absolute atomic E-state index is 11.7. The molecule has 1 aromatic heterocycles. The minimum Gasteiger partial charge on any atom is -0.382 e. The molecular formula is C34H30N2O. The molecular weight excluding hydrogens is 452 g/mol. The summed E-state index contributed by atoms with van der Waals surface area (Å²) in [6.07, 6.45) is 5.46. The average Bonchev–Trinajstić information content (AvgIpc) is 3.25. The van der Waals surface area contributed by atoms with E-state index in [1.807, 2.05) is 30.7 Å². The molecule has 1 saturated carbocycles. The van der Waals surface area contributed by atoms with Crippen molar-refractivity contribution >= 4 is 0 Å². The molecule has 37 heavy (non-hydrogen) atoms. The highest BCUT2D eigenvalue weighted by molar-refractivity contribution is 5.52. The molecule has 2 aliphatic rings. The summed E-state index contributed by atoms with van der Waals surface area (Å²) in [5.74, 6) is 0.647. The Morgan fingerprint density at radius 1 is 0.811 bits per heavy atom. The smallest absolute Gasteiger partial charge is 0.123 e. The van der Waals surface area contributed by atoms with E-state index in [4.69, 9.17) is 4.98 Å². The molecule has 3 heteroatoms. The first-order valence-corrected chi connectivity index (χ1v) is 13.1. The Kier molecular flexibility index (Phi) is 4.99. The summed E-state index contributed by atoms with van der Waals surface area (Å²) >= 11 is 0. The lowest BCUT2D eigenvalue weighted by molar-refractivity contribution is 0.214. The van der Waals surface area contributed by atoms with Crippen LogP contribution < -0.4 is 0 Å². The van der Waals surface area contributed by atoms with Crippen molar-refractivity contribution in [2.24, 2.45) is 5.41 Å². The Morgan fingerprint density at radius 2 is 1.38 bits per heavy atom. The number of aliphatic hydroxyl groups excluding tert-OH is 1. The van der Waals surface area contributed by atoms with Crippen LogP contribution in [0.3, 0.4) is 0 Å². The normalized spacial score (nSPS) is 20.8. The van der Waals surface area contributed by atoms with Crippen LogP contribution in [-0.4, -0.2) is 14.7 Å². The van der Waals surface area contributed by atoms with Gasteiger partial charge in [-0.3, -0.25) is 0 Å². The molecule has 0 spiro atoms. The van der Waals surface area contributed by atoms with E-state index < -0.39 is 11.6 Å². The van der Waals surface area contributed by atoms with Crippen LogP contribution in [0.5, 0.6) is 0 Å². The van der Waals surface area contributed by atoms with Crippen molar-refractivity contribution in [3.05, 3.63) is 161 Å². The first kappa shape index (κ1) is 22.3. The Bertz CT molecular complexity index is 1460. The maximum atomic E-state index is 11.7. The first-order valence-electron chi connectivity index (χ1n) is 13.1. The number of nitrogens with zero attached hydrogens (tertiary/aromatic N) is 2. The zero-order valence-corrected chi connectivity index (χ0v) is 21.0. The third kappa shape index (κ3) is 3.34. The molecule has 7 rings (SSSR count). The van der Waals surface area contributed by atoms with Crippen molar-refractivity contribution in [2.45, 2.75) is 37.3 Å². The maximum Gasteiger partial charge on any atom is 0.123 e. The molecule has 0 bridgehead atoms. The van der Waals surface area contributed by atoms with Crippen molar-refractivity contribution in [1.29, 1.82) is 0 Å². The van der Waals surface area contributed by atoms with Crippen LogP contribution in [0, 0.1) is 5.41 Å². The second-order valence-corrected chi connectivity index (χ2v) is 10.9. The van der Waals surface area contributed by atoms with Gasteiger partial charge in [-0.25, -0.2) is 4.98 Å². The zero-order valence-electron chi connectivity index (χ0n) is 21.0. The van der Waals surface area contributed by atoms with Gasteiger partial charge < -0.3 is 9.67 Å². The van der Waals surface area contributed by atoms with Gasteiger partial charge in [-0.2, -0.15) is 0 Å². The number of benzene rings is 4. The number of fused-ring (bicyclic) bond motifs is 3. The topological polar surface area (TPSA) is 38.0 Å².